The Morgan fingerprint density at radius 3 is 2.64 bits per heavy atom. The van der Waals surface area contributed by atoms with Gasteiger partial charge in [0, 0.05) is 31.0 Å². The molecule has 2 aromatic rings. The van der Waals surface area contributed by atoms with Gasteiger partial charge >= 0.3 is 0 Å². The van der Waals surface area contributed by atoms with E-state index in [1.165, 1.54) is 49.1 Å². The van der Waals surface area contributed by atoms with Gasteiger partial charge in [0.25, 0.3) is 0 Å². The Kier molecular flexibility index (Phi) is 4.59. The van der Waals surface area contributed by atoms with Gasteiger partial charge in [-0.3, -0.25) is 0 Å². The highest BCUT2D eigenvalue weighted by Crippen LogP contribution is 2.37. The molecule has 0 N–H and O–H groups in total. The van der Waals surface area contributed by atoms with Crippen LogP contribution in [0.1, 0.15) is 60.5 Å². The van der Waals surface area contributed by atoms with Gasteiger partial charge in [-0.1, -0.05) is 31.4 Å². The average Bonchev–Trinajstić information content (AvgIpc) is 3.02. The average molecular weight is 334 g/mol. The molecule has 0 radical (unpaired) electrons. The zero-order chi connectivity index (χ0) is 17.2. The van der Waals surface area contributed by atoms with Crippen molar-refractivity contribution in [3.63, 3.8) is 0 Å². The van der Waals surface area contributed by atoms with Crippen molar-refractivity contribution in [1.29, 1.82) is 5.26 Å². The maximum Gasteiger partial charge on any atom is 0.0707 e. The van der Waals surface area contributed by atoms with E-state index < -0.39 is 0 Å². The zero-order valence-electron chi connectivity index (χ0n) is 15.0. The van der Waals surface area contributed by atoms with Gasteiger partial charge in [0.2, 0.25) is 0 Å². The molecule has 1 aromatic heterocycles. The van der Waals surface area contributed by atoms with Gasteiger partial charge in [-0.05, 0) is 37.6 Å². The summed E-state index contributed by atoms with van der Waals surface area (Å²) in [6.45, 7) is 2.11. The molecule has 25 heavy (non-hydrogen) atoms. The Hall–Kier alpha value is -2.12. The van der Waals surface area contributed by atoms with Crippen LogP contribution in [-0.4, -0.2) is 28.3 Å². The molecule has 0 bridgehead atoms. The lowest BCUT2D eigenvalue weighted by atomic mass is 9.84. The highest BCUT2D eigenvalue weighted by Gasteiger charge is 2.28. The summed E-state index contributed by atoms with van der Waals surface area (Å²) in [6.07, 6.45) is 8.15. The standard InChI is InChI=1S/C21H26N4/c1-24-14-12-20-19(15-24)21(17-5-3-2-4-6-17)23-25(20)18-9-7-16(8-10-18)11-13-22/h7-10,17H,2-6,11-12,14-15H2,1H3. The second-order valence-corrected chi connectivity index (χ2v) is 7.55. The van der Waals surface area contributed by atoms with Crippen LogP contribution in [0.4, 0.5) is 0 Å². The van der Waals surface area contributed by atoms with Crippen LogP contribution in [0.15, 0.2) is 24.3 Å². The molecule has 1 aliphatic carbocycles. The molecule has 4 nitrogen and oxygen atoms in total. The molecule has 4 rings (SSSR count). The van der Waals surface area contributed by atoms with E-state index in [2.05, 4.69) is 47.0 Å². The SMILES string of the molecule is CN1CCc2c(c(C3CCCCC3)nn2-c2ccc(CC#N)cc2)C1. The first-order valence-corrected chi connectivity index (χ1v) is 9.51. The summed E-state index contributed by atoms with van der Waals surface area (Å²) in [6, 6.07) is 10.6. The number of aromatic nitrogens is 2. The van der Waals surface area contributed by atoms with Crippen molar-refractivity contribution in [2.75, 3.05) is 13.6 Å². The molecule has 1 aliphatic heterocycles. The van der Waals surface area contributed by atoms with Gasteiger partial charge < -0.3 is 4.90 Å². The summed E-state index contributed by atoms with van der Waals surface area (Å²) >= 11 is 0. The van der Waals surface area contributed by atoms with Crippen LogP contribution in [0.3, 0.4) is 0 Å². The van der Waals surface area contributed by atoms with Gasteiger partial charge in [-0.2, -0.15) is 10.4 Å². The molecule has 1 aromatic carbocycles. The fraction of sp³-hybridized carbons (Fsp3) is 0.524. The number of nitrogens with zero attached hydrogens (tertiary/aromatic N) is 4. The third-order valence-corrected chi connectivity index (χ3v) is 5.74. The lowest BCUT2D eigenvalue weighted by Gasteiger charge is -2.26. The van der Waals surface area contributed by atoms with Crippen LogP contribution in [0, 0.1) is 11.3 Å². The fourth-order valence-electron chi connectivity index (χ4n) is 4.34. The van der Waals surface area contributed by atoms with E-state index >= 15 is 0 Å². The summed E-state index contributed by atoms with van der Waals surface area (Å²) in [7, 11) is 2.21. The topological polar surface area (TPSA) is 44.9 Å². The molecule has 0 amide bonds. The molecule has 0 atom stereocenters. The summed E-state index contributed by atoms with van der Waals surface area (Å²) in [5, 5.41) is 14.0. The maximum atomic E-state index is 8.86. The Morgan fingerprint density at radius 2 is 1.92 bits per heavy atom. The quantitative estimate of drug-likeness (QED) is 0.853. The lowest BCUT2D eigenvalue weighted by Crippen LogP contribution is -2.28. The van der Waals surface area contributed by atoms with E-state index in [9.17, 15) is 0 Å². The molecule has 0 spiro atoms. The molecular weight excluding hydrogens is 308 g/mol. The van der Waals surface area contributed by atoms with Crippen molar-refractivity contribution in [2.45, 2.75) is 57.4 Å². The Labute approximate surface area is 150 Å². The number of benzene rings is 1. The minimum atomic E-state index is 0.468. The highest BCUT2D eigenvalue weighted by molar-refractivity contribution is 5.41. The third kappa shape index (κ3) is 3.21. The molecule has 1 fully saturated rings. The predicted octanol–water partition coefficient (Wildman–Crippen LogP) is 3.97. The Morgan fingerprint density at radius 1 is 1.16 bits per heavy atom. The van der Waals surface area contributed by atoms with E-state index in [-0.39, 0.29) is 0 Å². The minimum absolute atomic E-state index is 0.468. The number of likely N-dealkylation sites (N-methyl/N-ethyl adjacent to an activating group) is 1. The number of rotatable bonds is 3. The molecular formula is C21H26N4. The minimum Gasteiger partial charge on any atom is -0.302 e. The van der Waals surface area contributed by atoms with Crippen LogP contribution in [-0.2, 0) is 19.4 Å². The molecule has 1 saturated carbocycles. The van der Waals surface area contributed by atoms with Gasteiger partial charge in [-0.25, -0.2) is 4.68 Å². The summed E-state index contributed by atoms with van der Waals surface area (Å²) < 4.78 is 2.18. The van der Waals surface area contributed by atoms with Crippen molar-refractivity contribution in [1.82, 2.24) is 14.7 Å². The van der Waals surface area contributed by atoms with Gasteiger partial charge in [-0.15, -0.1) is 0 Å². The molecule has 2 heterocycles. The zero-order valence-corrected chi connectivity index (χ0v) is 15.0. The largest absolute Gasteiger partial charge is 0.302 e. The van der Waals surface area contributed by atoms with Crippen molar-refractivity contribution in [3.8, 4) is 11.8 Å². The summed E-state index contributed by atoms with van der Waals surface area (Å²) in [5.74, 6) is 0.633. The van der Waals surface area contributed by atoms with E-state index in [4.69, 9.17) is 10.4 Å². The lowest BCUT2D eigenvalue weighted by molar-refractivity contribution is 0.307. The fourth-order valence-corrected chi connectivity index (χ4v) is 4.34. The smallest absolute Gasteiger partial charge is 0.0707 e. The van der Waals surface area contributed by atoms with Crippen molar-refractivity contribution < 1.29 is 0 Å². The second-order valence-electron chi connectivity index (χ2n) is 7.55. The molecule has 0 unspecified atom stereocenters. The van der Waals surface area contributed by atoms with E-state index in [0.29, 0.717) is 12.3 Å². The van der Waals surface area contributed by atoms with Gasteiger partial charge in [0.1, 0.15) is 0 Å². The third-order valence-electron chi connectivity index (χ3n) is 5.74. The highest BCUT2D eigenvalue weighted by atomic mass is 15.3. The van der Waals surface area contributed by atoms with Crippen LogP contribution in [0.25, 0.3) is 5.69 Å². The Balaban J connectivity index is 1.73. The van der Waals surface area contributed by atoms with Gasteiger partial charge in [0.05, 0.1) is 29.6 Å². The number of fused-ring (bicyclic) bond motifs is 1. The molecule has 130 valence electrons. The van der Waals surface area contributed by atoms with Crippen LogP contribution < -0.4 is 0 Å². The molecule has 4 heteroatoms. The monoisotopic (exact) mass is 334 g/mol. The molecule has 0 saturated heterocycles. The van der Waals surface area contributed by atoms with Gasteiger partial charge in [0.15, 0.2) is 0 Å². The first-order chi connectivity index (χ1) is 12.3. The predicted molar refractivity (Wildman–Crippen MR) is 98.7 cm³/mol. The van der Waals surface area contributed by atoms with Crippen LogP contribution in [0.2, 0.25) is 0 Å². The van der Waals surface area contributed by atoms with Crippen LogP contribution in [0.5, 0.6) is 0 Å². The first kappa shape index (κ1) is 16.4. The number of hydrogen-bond acceptors (Lipinski definition) is 3. The second kappa shape index (κ2) is 7.01. The van der Waals surface area contributed by atoms with Crippen LogP contribution >= 0.6 is 0 Å². The first-order valence-electron chi connectivity index (χ1n) is 9.51. The normalized spacial score (nSPS) is 18.7. The maximum absolute atomic E-state index is 8.86. The number of nitriles is 1. The Bertz CT molecular complexity index is 775. The van der Waals surface area contributed by atoms with Crippen molar-refractivity contribution >= 4 is 0 Å². The molecule has 2 aliphatic rings. The van der Waals surface area contributed by atoms with E-state index in [0.717, 1.165) is 30.8 Å². The summed E-state index contributed by atoms with van der Waals surface area (Å²) in [5.41, 5.74) is 6.42. The number of hydrogen-bond donors (Lipinski definition) is 0. The van der Waals surface area contributed by atoms with E-state index in [1.807, 2.05) is 0 Å². The summed E-state index contributed by atoms with van der Waals surface area (Å²) in [4.78, 5) is 2.41. The van der Waals surface area contributed by atoms with Crippen molar-refractivity contribution in [3.05, 3.63) is 46.8 Å². The van der Waals surface area contributed by atoms with Crippen molar-refractivity contribution in [2.24, 2.45) is 0 Å². The van der Waals surface area contributed by atoms with E-state index in [1.54, 1.807) is 0 Å².